The predicted octanol–water partition coefficient (Wildman–Crippen LogP) is 2.61. The third kappa shape index (κ3) is 4.19. The Bertz CT molecular complexity index is 1030. The molecule has 1 aromatic carbocycles. The van der Waals surface area contributed by atoms with E-state index in [2.05, 4.69) is 5.10 Å². The second-order valence-corrected chi connectivity index (χ2v) is 7.92. The maximum absolute atomic E-state index is 13.0. The van der Waals surface area contributed by atoms with Crippen LogP contribution in [0.2, 0.25) is 0 Å². The zero-order valence-electron chi connectivity index (χ0n) is 17.4. The van der Waals surface area contributed by atoms with E-state index in [9.17, 15) is 27.6 Å². The minimum absolute atomic E-state index is 0.189. The lowest BCUT2D eigenvalue weighted by atomic mass is 10.0. The molecule has 3 heterocycles. The van der Waals surface area contributed by atoms with E-state index >= 15 is 0 Å². The molecule has 11 heteroatoms. The molecule has 2 aliphatic rings. The van der Waals surface area contributed by atoms with Gasteiger partial charge >= 0.3 is 12.2 Å². The average Bonchev–Trinajstić information content (AvgIpc) is 3.28. The molecular weight excluding hydrogens is 427 g/mol. The van der Waals surface area contributed by atoms with Crippen LogP contribution in [0.3, 0.4) is 0 Å². The van der Waals surface area contributed by atoms with E-state index in [-0.39, 0.29) is 23.4 Å². The number of para-hydroxylation sites is 1. The highest BCUT2D eigenvalue weighted by atomic mass is 19.4. The fraction of sp³-hybridized carbons (Fsp3) is 0.429. The van der Waals surface area contributed by atoms with Gasteiger partial charge < -0.3 is 9.80 Å². The molecule has 0 spiro atoms. The summed E-state index contributed by atoms with van der Waals surface area (Å²) in [5, 5.41) is 4.32. The highest BCUT2D eigenvalue weighted by Crippen LogP contribution is 2.26. The van der Waals surface area contributed by atoms with Crippen molar-refractivity contribution in [2.75, 3.05) is 26.2 Å². The first-order valence-electron chi connectivity index (χ1n) is 10.2. The third-order valence-electron chi connectivity index (χ3n) is 5.85. The minimum atomic E-state index is -4.64. The summed E-state index contributed by atoms with van der Waals surface area (Å²) in [6.07, 6.45) is -2.35. The summed E-state index contributed by atoms with van der Waals surface area (Å²) in [4.78, 5) is 40.4. The molecule has 2 aliphatic heterocycles. The Kier molecular flexibility index (Phi) is 5.66. The summed E-state index contributed by atoms with van der Waals surface area (Å²) in [5.74, 6) is -1.04. The lowest BCUT2D eigenvalue weighted by Crippen LogP contribution is -2.48. The molecule has 8 nitrogen and oxygen atoms in total. The quantitative estimate of drug-likeness (QED) is 0.673. The van der Waals surface area contributed by atoms with Gasteiger partial charge in [0.25, 0.3) is 11.8 Å². The minimum Gasteiger partial charge on any atom is -0.338 e. The maximum atomic E-state index is 13.0. The third-order valence-corrected chi connectivity index (χ3v) is 5.85. The second-order valence-electron chi connectivity index (χ2n) is 7.92. The number of carbonyl (C=O) groups is 3. The van der Waals surface area contributed by atoms with Crippen molar-refractivity contribution in [1.82, 2.24) is 24.5 Å². The van der Waals surface area contributed by atoms with Crippen LogP contribution < -0.4 is 0 Å². The first-order valence-corrected chi connectivity index (χ1v) is 10.2. The van der Waals surface area contributed by atoms with Crippen molar-refractivity contribution in [3.05, 3.63) is 47.8 Å². The zero-order valence-corrected chi connectivity index (χ0v) is 17.4. The van der Waals surface area contributed by atoms with Crippen LogP contribution in [-0.2, 0) is 4.79 Å². The fourth-order valence-corrected chi connectivity index (χ4v) is 4.18. The van der Waals surface area contributed by atoms with E-state index in [1.165, 1.54) is 11.1 Å². The number of benzene rings is 1. The topological polar surface area (TPSA) is 78.8 Å². The molecule has 2 fully saturated rings. The molecule has 4 rings (SSSR count). The Morgan fingerprint density at radius 3 is 2.41 bits per heavy atom. The fourth-order valence-electron chi connectivity index (χ4n) is 4.18. The molecule has 2 saturated heterocycles. The van der Waals surface area contributed by atoms with Gasteiger partial charge in [0.15, 0.2) is 0 Å². The number of urea groups is 1. The Morgan fingerprint density at radius 1 is 1.12 bits per heavy atom. The van der Waals surface area contributed by atoms with E-state index in [1.54, 1.807) is 9.58 Å². The standard InChI is InChI=1S/C21H22F3N5O3/c1-14-17(11-25-29(14)16-5-3-2-4-6-16)19(31)26-9-7-15(8-10-26)27-12-18(30)28(20(27)32)13-21(22,23)24/h2-6,11,15H,7-10,12-13H2,1H3. The van der Waals surface area contributed by atoms with Crippen molar-refractivity contribution in [2.45, 2.75) is 32.0 Å². The molecule has 1 aromatic heterocycles. The van der Waals surface area contributed by atoms with Crippen molar-refractivity contribution < 1.29 is 27.6 Å². The highest BCUT2D eigenvalue weighted by molar-refractivity contribution is 6.02. The lowest BCUT2D eigenvalue weighted by molar-refractivity contribution is -0.151. The van der Waals surface area contributed by atoms with Crippen LogP contribution in [0.5, 0.6) is 0 Å². The molecule has 170 valence electrons. The number of hydrogen-bond donors (Lipinski definition) is 0. The number of aromatic nitrogens is 2. The number of halogens is 3. The van der Waals surface area contributed by atoms with Crippen LogP contribution in [0.25, 0.3) is 5.69 Å². The van der Waals surface area contributed by atoms with Crippen molar-refractivity contribution in [2.24, 2.45) is 0 Å². The van der Waals surface area contributed by atoms with Gasteiger partial charge in [-0.05, 0) is 31.9 Å². The van der Waals surface area contributed by atoms with Gasteiger partial charge in [-0.2, -0.15) is 18.3 Å². The predicted molar refractivity (Wildman–Crippen MR) is 107 cm³/mol. The summed E-state index contributed by atoms with van der Waals surface area (Å²) >= 11 is 0. The van der Waals surface area contributed by atoms with Crippen LogP contribution in [0.4, 0.5) is 18.0 Å². The summed E-state index contributed by atoms with van der Waals surface area (Å²) in [6, 6.07) is 8.11. The van der Waals surface area contributed by atoms with Gasteiger partial charge in [-0.25, -0.2) is 9.48 Å². The van der Waals surface area contributed by atoms with E-state index in [1.807, 2.05) is 37.3 Å². The number of imide groups is 1. The number of amides is 4. The lowest BCUT2D eigenvalue weighted by Gasteiger charge is -2.36. The van der Waals surface area contributed by atoms with Crippen LogP contribution in [0, 0.1) is 6.92 Å². The van der Waals surface area contributed by atoms with Gasteiger partial charge in [0.05, 0.1) is 23.1 Å². The van der Waals surface area contributed by atoms with E-state index < -0.39 is 24.7 Å². The molecule has 0 radical (unpaired) electrons. The van der Waals surface area contributed by atoms with Crippen molar-refractivity contribution in [1.29, 1.82) is 0 Å². The van der Waals surface area contributed by atoms with Crippen molar-refractivity contribution >= 4 is 17.8 Å². The van der Waals surface area contributed by atoms with Crippen molar-refractivity contribution in [3.8, 4) is 5.69 Å². The molecule has 0 atom stereocenters. The number of likely N-dealkylation sites (tertiary alicyclic amines) is 1. The van der Waals surface area contributed by atoms with Gasteiger partial charge in [0.2, 0.25) is 0 Å². The van der Waals surface area contributed by atoms with Gasteiger partial charge in [-0.1, -0.05) is 18.2 Å². The maximum Gasteiger partial charge on any atom is 0.406 e. The van der Waals surface area contributed by atoms with Gasteiger partial charge in [-0.15, -0.1) is 0 Å². The van der Waals surface area contributed by atoms with Gasteiger partial charge in [0, 0.05) is 19.1 Å². The number of alkyl halides is 3. The molecule has 0 N–H and O–H groups in total. The van der Waals surface area contributed by atoms with E-state index in [0.29, 0.717) is 37.2 Å². The molecular formula is C21H22F3N5O3. The second kappa shape index (κ2) is 8.29. The molecule has 0 aliphatic carbocycles. The normalized spacial score (nSPS) is 18.1. The number of carbonyl (C=O) groups excluding carboxylic acids is 3. The SMILES string of the molecule is Cc1c(C(=O)N2CCC(N3CC(=O)N(CC(F)(F)F)C3=O)CC2)cnn1-c1ccccc1. The molecule has 0 unspecified atom stereocenters. The van der Waals surface area contributed by atoms with Crippen molar-refractivity contribution in [3.63, 3.8) is 0 Å². The van der Waals surface area contributed by atoms with Crippen LogP contribution in [-0.4, -0.2) is 80.7 Å². The largest absolute Gasteiger partial charge is 0.406 e. The first-order chi connectivity index (χ1) is 15.2. The molecule has 0 bridgehead atoms. The Balaban J connectivity index is 1.39. The van der Waals surface area contributed by atoms with Crippen LogP contribution in [0.15, 0.2) is 36.5 Å². The Hall–Kier alpha value is -3.37. The van der Waals surface area contributed by atoms with E-state index in [0.717, 1.165) is 5.69 Å². The monoisotopic (exact) mass is 449 g/mol. The summed E-state index contributed by atoms with van der Waals surface area (Å²) in [6.45, 7) is 0.525. The smallest absolute Gasteiger partial charge is 0.338 e. The number of piperidine rings is 1. The molecule has 0 saturated carbocycles. The highest BCUT2D eigenvalue weighted by Gasteiger charge is 2.45. The Labute approximate surface area is 182 Å². The first kappa shape index (κ1) is 21.8. The Morgan fingerprint density at radius 2 is 1.78 bits per heavy atom. The summed E-state index contributed by atoms with van der Waals surface area (Å²) in [5.41, 5.74) is 2.01. The molecule has 32 heavy (non-hydrogen) atoms. The summed E-state index contributed by atoms with van der Waals surface area (Å²) < 4.78 is 39.6. The number of rotatable bonds is 4. The van der Waals surface area contributed by atoms with Gasteiger partial charge in [-0.3, -0.25) is 14.5 Å². The molecule has 2 aromatic rings. The zero-order chi connectivity index (χ0) is 23.0. The number of hydrogen-bond acceptors (Lipinski definition) is 4. The summed E-state index contributed by atoms with van der Waals surface area (Å²) in [7, 11) is 0. The molecule has 4 amide bonds. The van der Waals surface area contributed by atoms with Gasteiger partial charge in [0.1, 0.15) is 13.1 Å². The van der Waals surface area contributed by atoms with Crippen LogP contribution >= 0.6 is 0 Å². The number of nitrogens with zero attached hydrogens (tertiary/aromatic N) is 5. The van der Waals surface area contributed by atoms with E-state index in [4.69, 9.17) is 0 Å². The average molecular weight is 449 g/mol. The van der Waals surface area contributed by atoms with Crippen LogP contribution in [0.1, 0.15) is 28.9 Å².